The van der Waals surface area contributed by atoms with Gasteiger partial charge in [-0.3, -0.25) is 0 Å². The molecule has 120 valence electrons. The molecule has 2 nitrogen and oxygen atoms in total. The molecule has 0 unspecified atom stereocenters. The Morgan fingerprint density at radius 1 is 0.500 bits per heavy atom. The Hall–Kier alpha value is -3.52. The highest BCUT2D eigenvalue weighted by atomic mass is 16.3. The molecule has 0 saturated carbocycles. The number of para-hydroxylation sites is 3. The van der Waals surface area contributed by atoms with E-state index in [1.54, 1.807) is 0 Å². The van der Waals surface area contributed by atoms with Gasteiger partial charge in [0.1, 0.15) is 11.2 Å². The SMILES string of the molecule is c1ccc2c(c1)oc1ccc3c(c4cccc5c6ccccc6n3c54)c12. The molecular formula is C24H13NO. The Morgan fingerprint density at radius 3 is 2.23 bits per heavy atom. The summed E-state index contributed by atoms with van der Waals surface area (Å²) in [6, 6.07) is 27.9. The first-order valence-corrected chi connectivity index (χ1v) is 8.89. The largest absolute Gasteiger partial charge is 0.456 e. The minimum absolute atomic E-state index is 0.949. The fourth-order valence-corrected chi connectivity index (χ4v) is 4.74. The molecule has 7 rings (SSSR count). The summed E-state index contributed by atoms with van der Waals surface area (Å²) in [5, 5.41) is 7.62. The number of fused-ring (bicyclic) bond motifs is 10. The monoisotopic (exact) mass is 331 g/mol. The van der Waals surface area contributed by atoms with Gasteiger partial charge in [-0.2, -0.15) is 0 Å². The highest BCUT2D eigenvalue weighted by Crippen LogP contribution is 2.43. The number of aromatic nitrogens is 1. The molecule has 7 aromatic rings. The Morgan fingerprint density at radius 2 is 1.27 bits per heavy atom. The van der Waals surface area contributed by atoms with Crippen LogP contribution in [0.5, 0.6) is 0 Å². The van der Waals surface area contributed by atoms with Gasteiger partial charge in [-0.05, 0) is 24.3 Å². The predicted octanol–water partition coefficient (Wildman–Crippen LogP) is 6.74. The van der Waals surface area contributed by atoms with Crippen molar-refractivity contribution in [2.24, 2.45) is 0 Å². The highest BCUT2D eigenvalue weighted by molar-refractivity contribution is 6.31. The van der Waals surface area contributed by atoms with Crippen LogP contribution in [0.15, 0.2) is 83.3 Å². The Kier molecular flexibility index (Phi) is 2.05. The summed E-state index contributed by atoms with van der Waals surface area (Å²) >= 11 is 0. The lowest BCUT2D eigenvalue weighted by atomic mass is 10.0. The average Bonchev–Trinajstić information content (AvgIpc) is 3.33. The van der Waals surface area contributed by atoms with Crippen molar-refractivity contribution < 1.29 is 4.42 Å². The van der Waals surface area contributed by atoms with Crippen molar-refractivity contribution in [3.63, 3.8) is 0 Å². The van der Waals surface area contributed by atoms with Crippen LogP contribution in [0, 0.1) is 0 Å². The highest BCUT2D eigenvalue weighted by Gasteiger charge is 2.20. The van der Waals surface area contributed by atoms with Gasteiger partial charge in [-0.25, -0.2) is 0 Å². The fourth-order valence-electron chi connectivity index (χ4n) is 4.74. The van der Waals surface area contributed by atoms with Crippen molar-refractivity contribution in [3.8, 4) is 0 Å². The third-order valence-corrected chi connectivity index (χ3v) is 5.73. The van der Waals surface area contributed by atoms with Gasteiger partial charge in [0.2, 0.25) is 0 Å². The summed E-state index contributed by atoms with van der Waals surface area (Å²) in [5.74, 6) is 0. The van der Waals surface area contributed by atoms with Crippen molar-refractivity contribution in [2.45, 2.75) is 0 Å². The van der Waals surface area contributed by atoms with Crippen LogP contribution in [0.1, 0.15) is 0 Å². The van der Waals surface area contributed by atoms with Crippen molar-refractivity contribution in [3.05, 3.63) is 78.9 Å². The van der Waals surface area contributed by atoms with Gasteiger partial charge in [0, 0.05) is 32.3 Å². The summed E-state index contributed by atoms with van der Waals surface area (Å²) in [5.41, 5.74) is 5.72. The molecule has 3 aromatic heterocycles. The van der Waals surface area contributed by atoms with Crippen LogP contribution in [0.2, 0.25) is 0 Å². The van der Waals surface area contributed by atoms with Gasteiger partial charge in [0.05, 0.1) is 16.6 Å². The van der Waals surface area contributed by atoms with Gasteiger partial charge < -0.3 is 8.82 Å². The van der Waals surface area contributed by atoms with Crippen LogP contribution in [-0.4, -0.2) is 4.40 Å². The normalized spacial score (nSPS) is 12.6. The number of nitrogens with zero attached hydrogens (tertiary/aromatic N) is 1. The molecule has 0 N–H and O–H groups in total. The first-order valence-electron chi connectivity index (χ1n) is 8.89. The van der Waals surface area contributed by atoms with Gasteiger partial charge >= 0.3 is 0 Å². The molecule has 0 amide bonds. The van der Waals surface area contributed by atoms with Crippen LogP contribution in [0.3, 0.4) is 0 Å². The summed E-state index contributed by atoms with van der Waals surface area (Å²) < 4.78 is 8.54. The number of rotatable bonds is 0. The minimum Gasteiger partial charge on any atom is -0.456 e. The zero-order valence-corrected chi connectivity index (χ0v) is 13.9. The zero-order chi connectivity index (χ0) is 16.8. The zero-order valence-electron chi connectivity index (χ0n) is 13.9. The maximum Gasteiger partial charge on any atom is 0.136 e. The summed E-state index contributed by atoms with van der Waals surface area (Å²) in [4.78, 5) is 0. The van der Waals surface area contributed by atoms with Crippen molar-refractivity contribution in [1.82, 2.24) is 4.40 Å². The second-order valence-corrected chi connectivity index (χ2v) is 6.99. The third kappa shape index (κ3) is 1.29. The Labute approximate surface area is 148 Å². The number of benzene rings is 4. The maximum atomic E-state index is 6.13. The molecule has 0 fully saturated rings. The molecule has 26 heavy (non-hydrogen) atoms. The second kappa shape index (κ2) is 4.17. The summed E-state index contributed by atoms with van der Waals surface area (Å²) in [7, 11) is 0. The molecule has 4 aromatic carbocycles. The predicted molar refractivity (Wildman–Crippen MR) is 108 cm³/mol. The molecule has 0 bridgehead atoms. The van der Waals surface area contributed by atoms with Crippen LogP contribution < -0.4 is 0 Å². The number of furan rings is 1. The maximum absolute atomic E-state index is 6.13. The molecule has 0 atom stereocenters. The fraction of sp³-hybridized carbons (Fsp3) is 0. The van der Waals surface area contributed by atoms with E-state index in [0.29, 0.717) is 0 Å². The summed E-state index contributed by atoms with van der Waals surface area (Å²) in [6.45, 7) is 0. The Bertz CT molecular complexity index is 1630. The molecule has 0 aliphatic heterocycles. The standard InChI is InChI=1S/C24H13NO/c1-3-10-18-14(6-1)15-8-5-9-17-22-19(25(18)24(15)17)12-13-21-23(22)16-7-2-4-11-20(16)26-21/h1-13H. The van der Waals surface area contributed by atoms with E-state index in [4.69, 9.17) is 4.42 Å². The van der Waals surface area contributed by atoms with Crippen LogP contribution in [-0.2, 0) is 0 Å². The van der Waals surface area contributed by atoms with E-state index in [0.717, 1.165) is 11.2 Å². The van der Waals surface area contributed by atoms with E-state index < -0.39 is 0 Å². The van der Waals surface area contributed by atoms with Gasteiger partial charge in [0.15, 0.2) is 0 Å². The lowest BCUT2D eigenvalue weighted by Crippen LogP contribution is -1.79. The molecule has 0 aliphatic rings. The van der Waals surface area contributed by atoms with E-state index in [-0.39, 0.29) is 0 Å². The first-order chi connectivity index (χ1) is 12.9. The topological polar surface area (TPSA) is 17.6 Å². The molecule has 0 spiro atoms. The molecular weight excluding hydrogens is 318 g/mol. The number of hydrogen-bond acceptors (Lipinski definition) is 1. The molecule has 0 aliphatic carbocycles. The molecule has 0 radical (unpaired) electrons. The quantitative estimate of drug-likeness (QED) is 0.301. The summed E-state index contributed by atoms with van der Waals surface area (Å²) in [6.07, 6.45) is 0. The number of hydrogen-bond donors (Lipinski definition) is 0. The van der Waals surface area contributed by atoms with Gasteiger partial charge in [-0.15, -0.1) is 0 Å². The molecule has 0 saturated heterocycles. The van der Waals surface area contributed by atoms with Crippen LogP contribution in [0.25, 0.3) is 60.0 Å². The lowest BCUT2D eigenvalue weighted by Gasteiger charge is -1.98. The minimum atomic E-state index is 0.949. The van der Waals surface area contributed by atoms with Crippen LogP contribution in [0.4, 0.5) is 0 Å². The third-order valence-electron chi connectivity index (χ3n) is 5.73. The average molecular weight is 331 g/mol. The first kappa shape index (κ1) is 12.8. The van der Waals surface area contributed by atoms with E-state index in [1.165, 1.54) is 48.9 Å². The lowest BCUT2D eigenvalue weighted by molar-refractivity contribution is 0.669. The van der Waals surface area contributed by atoms with Gasteiger partial charge in [0.25, 0.3) is 0 Å². The Balaban J connectivity index is 1.91. The van der Waals surface area contributed by atoms with Crippen molar-refractivity contribution in [2.75, 3.05) is 0 Å². The smallest absolute Gasteiger partial charge is 0.136 e. The molecule has 3 heterocycles. The van der Waals surface area contributed by atoms with E-state index in [9.17, 15) is 0 Å². The molecule has 2 heteroatoms. The van der Waals surface area contributed by atoms with Crippen LogP contribution >= 0.6 is 0 Å². The van der Waals surface area contributed by atoms with E-state index in [2.05, 4.69) is 71.1 Å². The van der Waals surface area contributed by atoms with E-state index in [1.807, 2.05) is 12.1 Å². The second-order valence-electron chi connectivity index (χ2n) is 6.99. The van der Waals surface area contributed by atoms with E-state index >= 15 is 0 Å². The van der Waals surface area contributed by atoms with Crippen molar-refractivity contribution in [1.29, 1.82) is 0 Å². The van der Waals surface area contributed by atoms with Gasteiger partial charge in [-0.1, -0.05) is 54.6 Å². The van der Waals surface area contributed by atoms with Crippen molar-refractivity contribution >= 4 is 60.0 Å².